The van der Waals surface area contributed by atoms with Crippen molar-refractivity contribution in [2.24, 2.45) is 5.73 Å². The molecule has 3 N–H and O–H groups in total. The summed E-state index contributed by atoms with van der Waals surface area (Å²) < 4.78 is 10.9. The first-order valence-corrected chi connectivity index (χ1v) is 9.54. The summed E-state index contributed by atoms with van der Waals surface area (Å²) >= 11 is 11.7. The van der Waals surface area contributed by atoms with Crippen LogP contribution in [0.15, 0.2) is 18.2 Å². The molecule has 0 heterocycles. The Morgan fingerprint density at radius 2 is 1.95 bits per heavy atom. The first-order chi connectivity index (χ1) is 9.97. The predicted octanol–water partition coefficient (Wildman–Crippen LogP) is 2.62. The summed E-state index contributed by atoms with van der Waals surface area (Å²) in [5, 5.41) is 0. The van der Waals surface area contributed by atoms with Crippen LogP contribution in [0.25, 0.3) is 0 Å². The fraction of sp³-hybridized carbons (Fsp3) is 0.571. The number of rotatable bonds is 9. The Hall–Kier alpha value is -0.250. The van der Waals surface area contributed by atoms with E-state index in [2.05, 4.69) is 11.0 Å². The second kappa shape index (κ2) is 9.70. The van der Waals surface area contributed by atoms with E-state index in [1.807, 2.05) is 19.1 Å². The maximum atomic E-state index is 10.9. The average molecular weight is 353 g/mol. The van der Waals surface area contributed by atoms with Crippen LogP contribution in [0.4, 0.5) is 5.69 Å². The van der Waals surface area contributed by atoms with Crippen molar-refractivity contribution in [3.63, 3.8) is 0 Å². The average Bonchev–Trinajstić information content (AvgIpc) is 2.40. The minimum absolute atomic E-state index is 0.154. The fourth-order valence-corrected chi connectivity index (χ4v) is 3.23. The lowest BCUT2D eigenvalue weighted by atomic mass is 10.0. The Labute approximate surface area is 137 Å². The van der Waals surface area contributed by atoms with Gasteiger partial charge in [-0.05, 0) is 36.6 Å². The van der Waals surface area contributed by atoms with Gasteiger partial charge in [0.2, 0.25) is 0 Å². The molecular weight excluding hydrogens is 330 g/mol. The number of hydrogen-bond acceptors (Lipinski definition) is 3. The van der Waals surface area contributed by atoms with Gasteiger partial charge in [-0.25, -0.2) is 0 Å². The lowest BCUT2D eigenvalue weighted by Crippen LogP contribution is -2.28. The van der Waals surface area contributed by atoms with Crippen molar-refractivity contribution < 1.29 is 9.46 Å². The molecule has 1 unspecified atom stereocenters. The molecule has 2 atom stereocenters. The maximum Gasteiger partial charge on any atom is 0.190 e. The van der Waals surface area contributed by atoms with Gasteiger partial charge in [-0.3, -0.25) is 4.57 Å². The predicted molar refractivity (Wildman–Crippen MR) is 92.6 cm³/mol. The molecule has 0 amide bonds. The molecular formula is C14H23Cl2N2O2P. The van der Waals surface area contributed by atoms with Gasteiger partial charge in [0.1, 0.15) is 0 Å². The largest absolute Gasteiger partial charge is 0.369 e. The zero-order valence-electron chi connectivity index (χ0n) is 12.2. The van der Waals surface area contributed by atoms with Crippen LogP contribution in [0.3, 0.4) is 0 Å². The number of halogens is 2. The highest BCUT2D eigenvalue weighted by Gasteiger charge is 2.12. The van der Waals surface area contributed by atoms with Crippen LogP contribution in [0.2, 0.25) is 0 Å². The second-order valence-electron chi connectivity index (χ2n) is 5.04. The molecule has 21 heavy (non-hydrogen) atoms. The topological polar surface area (TPSA) is 66.6 Å². The van der Waals surface area contributed by atoms with Crippen molar-refractivity contribution in [1.82, 2.24) is 0 Å². The molecule has 0 aliphatic heterocycles. The number of aryl methyl sites for hydroxylation is 1. The quantitative estimate of drug-likeness (QED) is 0.529. The van der Waals surface area contributed by atoms with Gasteiger partial charge in [0, 0.05) is 42.7 Å². The first kappa shape index (κ1) is 18.8. The molecule has 0 saturated heterocycles. The van der Waals surface area contributed by atoms with E-state index in [1.165, 1.54) is 0 Å². The van der Waals surface area contributed by atoms with Gasteiger partial charge in [-0.1, -0.05) is 6.07 Å². The number of hydrogen-bond donors (Lipinski definition) is 2. The smallest absolute Gasteiger partial charge is 0.190 e. The summed E-state index contributed by atoms with van der Waals surface area (Å²) in [6, 6.07) is 5.85. The monoisotopic (exact) mass is 352 g/mol. The number of anilines is 1. The molecule has 7 heteroatoms. The molecule has 0 aliphatic rings. The van der Waals surface area contributed by atoms with E-state index in [0.717, 1.165) is 29.9 Å². The third-order valence-electron chi connectivity index (χ3n) is 3.33. The van der Waals surface area contributed by atoms with Gasteiger partial charge in [0.25, 0.3) is 0 Å². The highest BCUT2D eigenvalue weighted by Crippen LogP contribution is 2.22. The number of benzene rings is 1. The van der Waals surface area contributed by atoms with E-state index in [9.17, 15) is 4.57 Å². The van der Waals surface area contributed by atoms with E-state index in [-0.39, 0.29) is 12.2 Å². The number of nitrogens with two attached hydrogens (primary N) is 1. The molecule has 0 fully saturated rings. The van der Waals surface area contributed by atoms with Crippen LogP contribution in [0.5, 0.6) is 0 Å². The molecule has 0 bridgehead atoms. The second-order valence-corrected chi connectivity index (χ2v) is 6.99. The lowest BCUT2D eigenvalue weighted by Gasteiger charge is -2.24. The zero-order valence-corrected chi connectivity index (χ0v) is 14.7. The van der Waals surface area contributed by atoms with Crippen LogP contribution >= 0.6 is 31.2 Å². The molecule has 0 saturated carbocycles. The first-order valence-electron chi connectivity index (χ1n) is 6.91. The standard InChI is InChI=1S/C14H23Cl2N2O2P/c1-11-2-3-14(18(6-4-15)7-5-16)9-12(11)8-13(17)10-21(19)20/h2-3,9,13,21H,4-8,10,17H2,1H3,(H,19,20)/t13-/m1/s1. The van der Waals surface area contributed by atoms with Crippen molar-refractivity contribution in [2.75, 3.05) is 35.9 Å². The molecule has 1 aromatic rings. The maximum absolute atomic E-state index is 10.9. The Kier molecular flexibility index (Phi) is 8.69. The van der Waals surface area contributed by atoms with E-state index >= 15 is 0 Å². The fourth-order valence-electron chi connectivity index (χ4n) is 2.23. The Morgan fingerprint density at radius 3 is 2.48 bits per heavy atom. The van der Waals surface area contributed by atoms with Crippen molar-refractivity contribution in [3.8, 4) is 0 Å². The number of alkyl halides is 2. The molecule has 1 aromatic carbocycles. The normalized spacial score (nSPS) is 14.0. The highest BCUT2D eigenvalue weighted by molar-refractivity contribution is 7.38. The lowest BCUT2D eigenvalue weighted by molar-refractivity contribution is 0.496. The Bertz CT molecular complexity index is 468. The van der Waals surface area contributed by atoms with Crippen LogP contribution < -0.4 is 10.6 Å². The minimum atomic E-state index is -2.53. The summed E-state index contributed by atoms with van der Waals surface area (Å²) in [5.74, 6) is 1.07. The summed E-state index contributed by atoms with van der Waals surface area (Å²) in [6.07, 6.45) is 0.744. The molecule has 0 radical (unpaired) electrons. The Morgan fingerprint density at radius 1 is 1.33 bits per heavy atom. The van der Waals surface area contributed by atoms with Gasteiger partial charge in [0.05, 0.1) is 0 Å². The molecule has 0 aliphatic carbocycles. The summed E-state index contributed by atoms with van der Waals surface area (Å²) in [7, 11) is -2.53. The van der Waals surface area contributed by atoms with Gasteiger partial charge >= 0.3 is 0 Å². The Balaban J connectivity index is 2.89. The van der Waals surface area contributed by atoms with E-state index in [0.29, 0.717) is 18.2 Å². The third-order valence-corrected chi connectivity index (χ3v) is 4.54. The van der Waals surface area contributed by atoms with Crippen LogP contribution in [0, 0.1) is 6.92 Å². The van der Waals surface area contributed by atoms with Gasteiger partial charge in [0.15, 0.2) is 8.03 Å². The summed E-state index contributed by atoms with van der Waals surface area (Å²) in [6.45, 7) is 3.47. The molecule has 4 nitrogen and oxygen atoms in total. The molecule has 0 spiro atoms. The van der Waals surface area contributed by atoms with Crippen LogP contribution in [-0.4, -0.2) is 41.9 Å². The van der Waals surface area contributed by atoms with E-state index in [4.69, 9.17) is 33.8 Å². The van der Waals surface area contributed by atoms with Crippen molar-refractivity contribution in [3.05, 3.63) is 29.3 Å². The molecule has 0 aromatic heterocycles. The van der Waals surface area contributed by atoms with Gasteiger partial charge in [-0.15, -0.1) is 23.2 Å². The third kappa shape index (κ3) is 6.58. The van der Waals surface area contributed by atoms with E-state index in [1.54, 1.807) is 0 Å². The van der Waals surface area contributed by atoms with Crippen LogP contribution in [0.1, 0.15) is 11.1 Å². The number of nitrogens with zero attached hydrogens (tertiary/aromatic N) is 1. The SMILES string of the molecule is Cc1ccc(N(CCCl)CCCl)cc1C[C@@H](N)C[PH](=O)O. The summed E-state index contributed by atoms with van der Waals surface area (Å²) in [4.78, 5) is 11.1. The van der Waals surface area contributed by atoms with Gasteiger partial charge < -0.3 is 15.5 Å². The van der Waals surface area contributed by atoms with Crippen molar-refractivity contribution >= 4 is 36.9 Å². The summed E-state index contributed by atoms with van der Waals surface area (Å²) in [5.41, 5.74) is 9.21. The minimum Gasteiger partial charge on any atom is -0.369 e. The van der Waals surface area contributed by atoms with Crippen molar-refractivity contribution in [1.29, 1.82) is 0 Å². The van der Waals surface area contributed by atoms with Crippen LogP contribution in [-0.2, 0) is 11.0 Å². The molecule has 120 valence electrons. The molecule has 1 rings (SSSR count). The van der Waals surface area contributed by atoms with Crippen molar-refractivity contribution in [2.45, 2.75) is 19.4 Å². The van der Waals surface area contributed by atoms with E-state index < -0.39 is 8.03 Å². The highest BCUT2D eigenvalue weighted by atomic mass is 35.5. The zero-order chi connectivity index (χ0) is 15.8. The van der Waals surface area contributed by atoms with Gasteiger partial charge in [-0.2, -0.15) is 0 Å².